The molecule has 30 heavy (non-hydrogen) atoms. The number of ether oxygens (including phenoxy) is 3. The van der Waals surface area contributed by atoms with E-state index in [2.05, 4.69) is 4.98 Å². The van der Waals surface area contributed by atoms with E-state index in [0.717, 1.165) is 16.0 Å². The van der Waals surface area contributed by atoms with E-state index < -0.39 is 0 Å². The van der Waals surface area contributed by atoms with Gasteiger partial charge in [0.05, 0.1) is 31.5 Å². The number of hydrogen-bond acceptors (Lipinski definition) is 7. The van der Waals surface area contributed by atoms with Crippen molar-refractivity contribution in [2.45, 2.75) is 0 Å². The standard InChI is InChI=1S/C21H25N3O4S.ClH/c1-23(2)8-9-24(20(25)14-10-16(27-4)12-17(11-14)28-5)21-22-18-7-6-15(26-3)13-19(18)29-21;/h6-7,10-13H,8-9H2,1-5H3;1H. The van der Waals surface area contributed by atoms with E-state index in [0.29, 0.717) is 35.3 Å². The average molecular weight is 452 g/mol. The SMILES string of the molecule is COc1cc(OC)cc(C(=O)N(CCN(C)C)c2nc3ccc(OC)cc3s2)c1.Cl. The van der Waals surface area contributed by atoms with Crippen molar-refractivity contribution >= 4 is 45.0 Å². The summed E-state index contributed by atoms with van der Waals surface area (Å²) in [5.41, 5.74) is 1.31. The first-order valence-electron chi connectivity index (χ1n) is 9.09. The van der Waals surface area contributed by atoms with Gasteiger partial charge in [-0.1, -0.05) is 11.3 Å². The van der Waals surface area contributed by atoms with Crippen LogP contribution in [-0.2, 0) is 0 Å². The molecule has 0 saturated heterocycles. The molecule has 2 aromatic carbocycles. The Balaban J connectivity index is 0.00000320. The van der Waals surface area contributed by atoms with Gasteiger partial charge in [0.1, 0.15) is 17.2 Å². The molecule has 0 aliphatic rings. The second kappa shape index (κ2) is 10.5. The van der Waals surface area contributed by atoms with Gasteiger partial charge in [0.15, 0.2) is 5.13 Å². The van der Waals surface area contributed by atoms with Gasteiger partial charge in [-0.3, -0.25) is 9.69 Å². The molecule has 3 aromatic rings. The summed E-state index contributed by atoms with van der Waals surface area (Å²) in [6.45, 7) is 1.20. The van der Waals surface area contributed by atoms with Gasteiger partial charge in [0.2, 0.25) is 0 Å². The summed E-state index contributed by atoms with van der Waals surface area (Å²) in [6.07, 6.45) is 0. The molecule has 0 radical (unpaired) electrons. The summed E-state index contributed by atoms with van der Waals surface area (Å²) in [7, 11) is 8.70. The topological polar surface area (TPSA) is 64.1 Å². The lowest BCUT2D eigenvalue weighted by Crippen LogP contribution is -2.36. The van der Waals surface area contributed by atoms with Crippen molar-refractivity contribution < 1.29 is 19.0 Å². The third-order valence-electron chi connectivity index (χ3n) is 4.43. The van der Waals surface area contributed by atoms with Crippen molar-refractivity contribution in [3.8, 4) is 17.2 Å². The Morgan fingerprint density at radius 1 is 0.933 bits per heavy atom. The van der Waals surface area contributed by atoms with Crippen LogP contribution in [0.4, 0.5) is 5.13 Å². The maximum absolute atomic E-state index is 13.4. The van der Waals surface area contributed by atoms with Crippen LogP contribution in [0.3, 0.4) is 0 Å². The quantitative estimate of drug-likeness (QED) is 0.516. The highest BCUT2D eigenvalue weighted by Gasteiger charge is 2.23. The van der Waals surface area contributed by atoms with Crippen molar-refractivity contribution in [3.63, 3.8) is 0 Å². The molecule has 9 heteroatoms. The number of nitrogens with zero attached hydrogens (tertiary/aromatic N) is 3. The molecular weight excluding hydrogens is 426 g/mol. The number of thiazole rings is 1. The number of likely N-dealkylation sites (N-methyl/N-ethyl adjacent to an activating group) is 1. The normalized spacial score (nSPS) is 10.6. The maximum atomic E-state index is 13.4. The first-order chi connectivity index (χ1) is 13.9. The van der Waals surface area contributed by atoms with Crippen molar-refractivity contribution in [2.75, 3.05) is 53.4 Å². The molecule has 0 N–H and O–H groups in total. The van der Waals surface area contributed by atoms with Crippen LogP contribution in [0.2, 0.25) is 0 Å². The molecule has 0 fully saturated rings. The number of methoxy groups -OCH3 is 3. The zero-order valence-corrected chi connectivity index (χ0v) is 19.3. The van der Waals surface area contributed by atoms with Crippen LogP contribution in [0.1, 0.15) is 10.4 Å². The Kier molecular flexibility index (Phi) is 8.28. The molecule has 0 saturated carbocycles. The number of carbonyl (C=O) groups is 1. The lowest BCUT2D eigenvalue weighted by molar-refractivity contribution is 0.0984. The third kappa shape index (κ3) is 5.33. The number of aromatic nitrogens is 1. The summed E-state index contributed by atoms with van der Waals surface area (Å²) in [5, 5.41) is 0.641. The summed E-state index contributed by atoms with van der Waals surface area (Å²) in [5.74, 6) is 1.73. The molecule has 1 amide bonds. The molecule has 1 aromatic heterocycles. The zero-order valence-electron chi connectivity index (χ0n) is 17.7. The lowest BCUT2D eigenvalue weighted by Gasteiger charge is -2.22. The Hall–Kier alpha value is -2.55. The molecule has 7 nitrogen and oxygen atoms in total. The number of rotatable bonds is 8. The van der Waals surface area contributed by atoms with Crippen LogP contribution < -0.4 is 19.1 Å². The van der Waals surface area contributed by atoms with Crippen molar-refractivity contribution in [1.82, 2.24) is 9.88 Å². The highest BCUT2D eigenvalue weighted by atomic mass is 35.5. The van der Waals surface area contributed by atoms with Crippen LogP contribution in [-0.4, -0.2) is 64.3 Å². The fraction of sp³-hybridized carbons (Fsp3) is 0.333. The van der Waals surface area contributed by atoms with Gasteiger partial charge < -0.3 is 19.1 Å². The van der Waals surface area contributed by atoms with E-state index in [-0.39, 0.29) is 18.3 Å². The van der Waals surface area contributed by atoms with Gasteiger partial charge in [-0.15, -0.1) is 12.4 Å². The van der Waals surface area contributed by atoms with Crippen molar-refractivity contribution in [3.05, 3.63) is 42.0 Å². The molecule has 0 aliphatic heterocycles. The van der Waals surface area contributed by atoms with Crippen molar-refractivity contribution in [1.29, 1.82) is 0 Å². The Morgan fingerprint density at radius 2 is 1.57 bits per heavy atom. The Bertz CT molecular complexity index is 987. The number of anilines is 1. The van der Waals surface area contributed by atoms with Crippen LogP contribution in [0.25, 0.3) is 10.2 Å². The molecule has 0 unspecified atom stereocenters. The molecule has 3 rings (SSSR count). The molecule has 0 bridgehead atoms. The minimum atomic E-state index is -0.157. The number of halogens is 1. The summed E-state index contributed by atoms with van der Waals surface area (Å²) in [4.78, 5) is 21.8. The van der Waals surface area contributed by atoms with E-state index in [4.69, 9.17) is 14.2 Å². The Morgan fingerprint density at radius 3 is 2.13 bits per heavy atom. The predicted molar refractivity (Wildman–Crippen MR) is 123 cm³/mol. The van der Waals surface area contributed by atoms with E-state index in [1.165, 1.54) is 11.3 Å². The van der Waals surface area contributed by atoms with Crippen LogP contribution in [0.15, 0.2) is 36.4 Å². The summed E-state index contributed by atoms with van der Waals surface area (Å²) in [6, 6.07) is 10.9. The van der Waals surface area contributed by atoms with Crippen molar-refractivity contribution in [2.24, 2.45) is 0 Å². The second-order valence-electron chi connectivity index (χ2n) is 6.69. The summed E-state index contributed by atoms with van der Waals surface area (Å²) < 4.78 is 16.9. The minimum absolute atomic E-state index is 0. The van der Waals surface area contributed by atoms with Crippen LogP contribution in [0, 0.1) is 0 Å². The molecule has 162 valence electrons. The van der Waals surface area contributed by atoms with Gasteiger partial charge in [-0.05, 0) is 44.4 Å². The first-order valence-corrected chi connectivity index (χ1v) is 9.91. The van der Waals surface area contributed by atoms with Gasteiger partial charge >= 0.3 is 0 Å². The average Bonchev–Trinajstić information content (AvgIpc) is 3.15. The number of fused-ring (bicyclic) bond motifs is 1. The predicted octanol–water partition coefficient (Wildman–Crippen LogP) is 3.95. The molecule has 1 heterocycles. The molecule has 0 atom stereocenters. The summed E-state index contributed by atoms with van der Waals surface area (Å²) >= 11 is 1.46. The van der Waals surface area contributed by atoms with Crippen LogP contribution in [0.5, 0.6) is 17.2 Å². The smallest absolute Gasteiger partial charge is 0.260 e. The van der Waals surface area contributed by atoms with Gasteiger partial charge in [-0.25, -0.2) is 4.98 Å². The number of benzene rings is 2. The molecular formula is C21H26ClN3O4S. The largest absolute Gasteiger partial charge is 0.497 e. The maximum Gasteiger partial charge on any atom is 0.260 e. The van der Waals surface area contributed by atoms with E-state index in [9.17, 15) is 4.79 Å². The molecule has 0 spiro atoms. The second-order valence-corrected chi connectivity index (χ2v) is 7.70. The van der Waals surface area contributed by atoms with E-state index in [1.54, 1.807) is 44.4 Å². The Labute approximate surface area is 186 Å². The minimum Gasteiger partial charge on any atom is -0.497 e. The lowest BCUT2D eigenvalue weighted by atomic mass is 10.1. The number of carbonyl (C=O) groups excluding carboxylic acids is 1. The fourth-order valence-electron chi connectivity index (χ4n) is 2.81. The number of amides is 1. The van der Waals surface area contributed by atoms with E-state index in [1.807, 2.05) is 37.2 Å². The van der Waals surface area contributed by atoms with Gasteiger partial charge in [0, 0.05) is 24.7 Å². The van der Waals surface area contributed by atoms with E-state index >= 15 is 0 Å². The highest BCUT2D eigenvalue weighted by molar-refractivity contribution is 7.22. The van der Waals surface area contributed by atoms with Gasteiger partial charge in [0.25, 0.3) is 5.91 Å². The third-order valence-corrected chi connectivity index (χ3v) is 5.47. The molecule has 0 aliphatic carbocycles. The first kappa shape index (κ1) is 23.7. The fourth-order valence-corrected chi connectivity index (χ4v) is 3.82. The highest BCUT2D eigenvalue weighted by Crippen LogP contribution is 2.33. The van der Waals surface area contributed by atoms with Crippen LogP contribution >= 0.6 is 23.7 Å². The zero-order chi connectivity index (χ0) is 21.0. The monoisotopic (exact) mass is 451 g/mol. The number of hydrogen-bond donors (Lipinski definition) is 0. The van der Waals surface area contributed by atoms with Gasteiger partial charge in [-0.2, -0.15) is 0 Å².